The zero-order chi connectivity index (χ0) is 26.2. The first-order valence-corrected chi connectivity index (χ1v) is 11.8. The predicted octanol–water partition coefficient (Wildman–Crippen LogP) is 6.50. The van der Waals surface area contributed by atoms with Gasteiger partial charge in [-0.25, -0.2) is 0 Å². The molecule has 184 valence electrons. The van der Waals surface area contributed by atoms with Gasteiger partial charge in [0.2, 0.25) is 0 Å². The topological polar surface area (TPSA) is 114 Å². The monoisotopic (exact) mass is 549 g/mol. The van der Waals surface area contributed by atoms with Gasteiger partial charge < -0.3 is 14.8 Å². The Kier molecular flexibility index (Phi) is 8.81. The number of halogens is 1. The van der Waals surface area contributed by atoms with Gasteiger partial charge in [0.05, 0.1) is 16.0 Å². The number of hydrogen-bond acceptors (Lipinski definition) is 6. The zero-order valence-electron chi connectivity index (χ0n) is 20.0. The van der Waals surface area contributed by atoms with Gasteiger partial charge in [0, 0.05) is 6.07 Å². The van der Waals surface area contributed by atoms with E-state index in [1.54, 1.807) is 25.1 Å². The number of benzene rings is 3. The Morgan fingerprint density at radius 2 is 1.92 bits per heavy atom. The summed E-state index contributed by atoms with van der Waals surface area (Å²) >= 11 is 3.50. The highest BCUT2D eigenvalue weighted by molar-refractivity contribution is 9.10. The van der Waals surface area contributed by atoms with Crippen molar-refractivity contribution in [3.05, 3.63) is 97.0 Å². The Labute approximate surface area is 217 Å². The van der Waals surface area contributed by atoms with Crippen molar-refractivity contribution < 1.29 is 19.2 Å². The molecule has 1 amide bonds. The van der Waals surface area contributed by atoms with Gasteiger partial charge in [0.1, 0.15) is 23.9 Å². The lowest BCUT2D eigenvalue weighted by Crippen LogP contribution is -2.14. The van der Waals surface area contributed by atoms with E-state index in [-0.39, 0.29) is 16.9 Å². The molecule has 0 aromatic heterocycles. The van der Waals surface area contributed by atoms with Gasteiger partial charge in [-0.3, -0.25) is 14.9 Å². The van der Waals surface area contributed by atoms with Crippen LogP contribution in [-0.2, 0) is 11.4 Å². The Morgan fingerprint density at radius 3 is 2.58 bits per heavy atom. The maximum atomic E-state index is 12.8. The lowest BCUT2D eigenvalue weighted by Gasteiger charge is -2.15. The van der Waals surface area contributed by atoms with Crippen LogP contribution in [0.4, 0.5) is 11.4 Å². The SMILES string of the molecule is CCOc1cc(/C=C(\C#N)C(=O)Nc2ccc(C)cc2[N+](=O)[O-])cc(Br)c1OCc1ccccc1C. The average Bonchev–Trinajstić information content (AvgIpc) is 2.84. The van der Waals surface area contributed by atoms with E-state index in [1.165, 1.54) is 18.2 Å². The third-order valence-electron chi connectivity index (χ3n) is 5.24. The molecule has 0 spiro atoms. The number of carbonyl (C=O) groups excluding carboxylic acids is 1. The van der Waals surface area contributed by atoms with Crippen LogP contribution in [0, 0.1) is 35.3 Å². The highest BCUT2D eigenvalue weighted by Crippen LogP contribution is 2.38. The second kappa shape index (κ2) is 12.0. The number of aryl methyl sites for hydroxylation is 2. The molecule has 3 aromatic carbocycles. The number of nitrogens with zero attached hydrogens (tertiary/aromatic N) is 2. The third kappa shape index (κ3) is 6.49. The number of nitro groups is 1. The quantitative estimate of drug-likeness (QED) is 0.141. The molecular weight excluding hydrogens is 526 g/mol. The van der Waals surface area contributed by atoms with Gasteiger partial charge in [-0.15, -0.1) is 0 Å². The number of nitriles is 1. The van der Waals surface area contributed by atoms with Crippen LogP contribution < -0.4 is 14.8 Å². The van der Waals surface area contributed by atoms with Gasteiger partial charge in [-0.2, -0.15) is 5.26 Å². The second-order valence-electron chi connectivity index (χ2n) is 7.88. The molecule has 1 N–H and O–H groups in total. The van der Waals surface area contributed by atoms with Gasteiger partial charge in [-0.05, 0) is 83.2 Å². The first kappa shape index (κ1) is 26.4. The van der Waals surface area contributed by atoms with Crippen molar-refractivity contribution in [1.82, 2.24) is 0 Å². The Balaban J connectivity index is 1.89. The smallest absolute Gasteiger partial charge is 0.293 e. The summed E-state index contributed by atoms with van der Waals surface area (Å²) in [6.45, 7) is 6.26. The zero-order valence-corrected chi connectivity index (χ0v) is 21.6. The summed E-state index contributed by atoms with van der Waals surface area (Å²) in [7, 11) is 0. The predicted molar refractivity (Wildman–Crippen MR) is 141 cm³/mol. The summed E-state index contributed by atoms with van der Waals surface area (Å²) in [5.74, 6) is 0.174. The highest BCUT2D eigenvalue weighted by Gasteiger charge is 2.19. The lowest BCUT2D eigenvalue weighted by molar-refractivity contribution is -0.384. The normalized spacial score (nSPS) is 10.9. The molecule has 0 aliphatic rings. The van der Waals surface area contributed by atoms with Crippen LogP contribution in [0.2, 0.25) is 0 Å². The molecule has 0 fully saturated rings. The second-order valence-corrected chi connectivity index (χ2v) is 8.73. The van der Waals surface area contributed by atoms with Gasteiger partial charge in [-0.1, -0.05) is 30.3 Å². The number of amides is 1. The van der Waals surface area contributed by atoms with Gasteiger partial charge >= 0.3 is 0 Å². The minimum atomic E-state index is -0.765. The first-order valence-electron chi connectivity index (χ1n) is 11.0. The fraction of sp³-hybridized carbons (Fsp3) is 0.185. The van der Waals surface area contributed by atoms with E-state index in [0.29, 0.717) is 40.3 Å². The third-order valence-corrected chi connectivity index (χ3v) is 5.83. The molecule has 0 radical (unpaired) electrons. The molecular formula is C27H24BrN3O5. The fourth-order valence-electron chi connectivity index (χ4n) is 3.40. The van der Waals surface area contributed by atoms with Crippen LogP contribution in [0.25, 0.3) is 6.08 Å². The molecule has 3 rings (SSSR count). The van der Waals surface area contributed by atoms with Crippen molar-refractivity contribution in [2.45, 2.75) is 27.4 Å². The fourth-order valence-corrected chi connectivity index (χ4v) is 3.97. The number of nitro benzene ring substituents is 1. The van der Waals surface area contributed by atoms with Crippen molar-refractivity contribution in [3.63, 3.8) is 0 Å². The molecule has 8 nitrogen and oxygen atoms in total. The molecule has 0 unspecified atom stereocenters. The maximum Gasteiger partial charge on any atom is 0.293 e. The molecule has 3 aromatic rings. The van der Waals surface area contributed by atoms with E-state index in [4.69, 9.17) is 9.47 Å². The van der Waals surface area contributed by atoms with Gasteiger partial charge in [0.25, 0.3) is 11.6 Å². The summed E-state index contributed by atoms with van der Waals surface area (Å²) < 4.78 is 12.4. The van der Waals surface area contributed by atoms with Crippen molar-refractivity contribution in [1.29, 1.82) is 5.26 Å². The summed E-state index contributed by atoms with van der Waals surface area (Å²) in [6, 6.07) is 17.5. The van der Waals surface area contributed by atoms with Crippen molar-refractivity contribution in [3.8, 4) is 17.6 Å². The highest BCUT2D eigenvalue weighted by atomic mass is 79.9. The van der Waals surface area contributed by atoms with Crippen molar-refractivity contribution >= 4 is 39.3 Å². The van der Waals surface area contributed by atoms with Crippen LogP contribution in [0.3, 0.4) is 0 Å². The average molecular weight is 550 g/mol. The van der Waals surface area contributed by atoms with Crippen LogP contribution >= 0.6 is 15.9 Å². The molecule has 0 bridgehead atoms. The first-order chi connectivity index (χ1) is 17.2. The number of hydrogen-bond donors (Lipinski definition) is 1. The molecule has 9 heteroatoms. The molecule has 0 atom stereocenters. The molecule has 0 aliphatic carbocycles. The standard InChI is InChI=1S/C27H24BrN3O5/c1-4-35-25-14-19(13-22(28)26(25)36-16-20-8-6-5-7-18(20)3)12-21(15-29)27(32)30-23-10-9-17(2)11-24(23)31(33)34/h5-14H,4,16H2,1-3H3,(H,30,32)/b21-12+. The number of ether oxygens (including phenoxy) is 2. The van der Waals surface area contributed by atoms with E-state index in [0.717, 1.165) is 11.1 Å². The van der Waals surface area contributed by atoms with Crippen LogP contribution in [0.1, 0.15) is 29.2 Å². The Morgan fingerprint density at radius 1 is 1.17 bits per heavy atom. The number of carbonyl (C=O) groups is 1. The molecule has 0 heterocycles. The molecule has 0 aliphatic heterocycles. The van der Waals surface area contributed by atoms with Crippen LogP contribution in [-0.4, -0.2) is 17.4 Å². The maximum absolute atomic E-state index is 12.8. The van der Waals surface area contributed by atoms with Crippen molar-refractivity contribution in [2.24, 2.45) is 0 Å². The molecule has 0 saturated carbocycles. The van der Waals surface area contributed by atoms with E-state index < -0.39 is 10.8 Å². The van der Waals surface area contributed by atoms with E-state index in [9.17, 15) is 20.2 Å². The van der Waals surface area contributed by atoms with Gasteiger partial charge in [0.15, 0.2) is 11.5 Å². The van der Waals surface area contributed by atoms with E-state index in [2.05, 4.69) is 21.2 Å². The minimum absolute atomic E-state index is 0.00730. The summed E-state index contributed by atoms with van der Waals surface area (Å²) in [5.41, 5.74) is 2.85. The number of anilines is 1. The van der Waals surface area contributed by atoms with Crippen LogP contribution in [0.5, 0.6) is 11.5 Å². The van der Waals surface area contributed by atoms with E-state index in [1.807, 2.05) is 44.2 Å². The lowest BCUT2D eigenvalue weighted by atomic mass is 10.1. The Hall–Kier alpha value is -4.16. The summed E-state index contributed by atoms with van der Waals surface area (Å²) in [4.78, 5) is 23.5. The molecule has 36 heavy (non-hydrogen) atoms. The number of rotatable bonds is 9. The van der Waals surface area contributed by atoms with Crippen LogP contribution in [0.15, 0.2) is 64.6 Å². The summed E-state index contributed by atoms with van der Waals surface area (Å²) in [6.07, 6.45) is 1.38. The molecule has 0 saturated heterocycles. The van der Waals surface area contributed by atoms with Crippen molar-refractivity contribution in [2.75, 3.05) is 11.9 Å². The minimum Gasteiger partial charge on any atom is -0.490 e. The Bertz CT molecular complexity index is 1380. The van der Waals surface area contributed by atoms with E-state index >= 15 is 0 Å². The number of nitrogens with one attached hydrogen (secondary N) is 1. The summed E-state index contributed by atoms with van der Waals surface area (Å²) in [5, 5.41) is 23.4. The largest absolute Gasteiger partial charge is 0.490 e.